The molecule has 1 heterocycles. The smallest absolute Gasteiger partial charge is 0.0740 e. The molecule has 0 bridgehead atoms. The van der Waals surface area contributed by atoms with Crippen LogP contribution in [-0.2, 0) is 5.41 Å². The van der Waals surface area contributed by atoms with Gasteiger partial charge in [0.25, 0.3) is 0 Å². The van der Waals surface area contributed by atoms with E-state index in [4.69, 9.17) is 11.6 Å². The number of halogens is 2. The van der Waals surface area contributed by atoms with Crippen molar-refractivity contribution in [2.75, 3.05) is 0 Å². The number of fused-ring (bicyclic) bond motifs is 10. The monoisotopic (exact) mass is 738 g/mol. The number of rotatable bonds is 4. The summed E-state index contributed by atoms with van der Waals surface area (Å²) >= 11 is 12.2. The van der Waals surface area contributed by atoms with E-state index in [-0.39, 0.29) is 0 Å². The Bertz CT molecular complexity index is 2620. The third-order valence-corrected chi connectivity index (χ3v) is 12.7. The summed E-state index contributed by atoms with van der Waals surface area (Å²) in [6.45, 7) is 0. The molecule has 2 aliphatic rings. The van der Waals surface area contributed by atoms with Gasteiger partial charge in [0.15, 0.2) is 0 Å². The molecule has 1 atom stereocenters. The average Bonchev–Trinajstić information content (AvgIpc) is 3.80. The first-order valence-corrected chi connectivity index (χ1v) is 18.8. The van der Waals surface area contributed by atoms with Crippen molar-refractivity contribution < 1.29 is 0 Å². The van der Waals surface area contributed by atoms with Crippen molar-refractivity contribution in [2.45, 2.75) is 5.41 Å². The summed E-state index contributed by atoms with van der Waals surface area (Å²) in [7, 11) is 0. The molecule has 0 N–H and O–H groups in total. The Balaban J connectivity index is 1.33. The Morgan fingerprint density at radius 2 is 0.960 bits per heavy atom. The minimum Gasteiger partial charge on any atom is -0.134 e. The molecule has 2 aliphatic carbocycles. The van der Waals surface area contributed by atoms with Gasteiger partial charge >= 0.3 is 0 Å². The van der Waals surface area contributed by atoms with Crippen molar-refractivity contribution >= 4 is 38.9 Å². The summed E-state index contributed by atoms with van der Waals surface area (Å²) in [4.78, 5) is 2.59. The molecule has 8 aromatic rings. The quantitative estimate of drug-likeness (QED) is 0.169. The zero-order valence-electron chi connectivity index (χ0n) is 26.8. The largest absolute Gasteiger partial charge is 0.134 e. The average molecular weight is 740 g/mol. The molecule has 0 saturated carbocycles. The summed E-state index contributed by atoms with van der Waals surface area (Å²) in [6, 6.07) is 62.0. The van der Waals surface area contributed by atoms with Crippen molar-refractivity contribution in [3.8, 4) is 65.4 Å². The maximum absolute atomic E-state index is 6.43. The van der Waals surface area contributed by atoms with E-state index in [0.29, 0.717) is 0 Å². The molecule has 0 radical (unpaired) electrons. The van der Waals surface area contributed by atoms with Crippen molar-refractivity contribution in [1.29, 1.82) is 0 Å². The minimum absolute atomic E-state index is 0.498. The van der Waals surface area contributed by atoms with Gasteiger partial charge in [-0.25, -0.2) is 0 Å². The predicted molar refractivity (Wildman–Crippen MR) is 215 cm³/mol. The van der Waals surface area contributed by atoms with E-state index < -0.39 is 5.41 Å². The van der Waals surface area contributed by atoms with Crippen LogP contribution in [0.25, 0.3) is 65.4 Å². The Morgan fingerprint density at radius 1 is 0.420 bits per heavy atom. The molecule has 0 saturated heterocycles. The number of hydrogen-bond acceptors (Lipinski definition) is 1. The van der Waals surface area contributed by atoms with E-state index in [1.54, 1.807) is 0 Å². The van der Waals surface area contributed by atoms with Crippen LogP contribution in [0.2, 0.25) is 5.02 Å². The van der Waals surface area contributed by atoms with Crippen LogP contribution in [-0.4, -0.2) is 0 Å². The van der Waals surface area contributed by atoms with Gasteiger partial charge in [-0.3, -0.25) is 0 Å². The fraction of sp³-hybridized carbons (Fsp3) is 0.0213. The molecule has 0 fully saturated rings. The van der Waals surface area contributed by atoms with Crippen molar-refractivity contribution in [2.24, 2.45) is 0 Å². The van der Waals surface area contributed by atoms with Gasteiger partial charge < -0.3 is 0 Å². The lowest BCUT2D eigenvalue weighted by atomic mass is 9.69. The Kier molecular flexibility index (Phi) is 6.89. The van der Waals surface area contributed by atoms with Gasteiger partial charge in [0, 0.05) is 24.8 Å². The molecule has 50 heavy (non-hydrogen) atoms. The minimum atomic E-state index is -0.498. The van der Waals surface area contributed by atoms with Crippen LogP contribution in [0, 0.1) is 0 Å². The zero-order valence-corrected chi connectivity index (χ0v) is 30.0. The first-order chi connectivity index (χ1) is 24.6. The van der Waals surface area contributed by atoms with Gasteiger partial charge in [-0.05, 0) is 96.6 Å². The second-order valence-electron chi connectivity index (χ2n) is 13.0. The molecular weight excluding hydrogens is 712 g/mol. The summed E-state index contributed by atoms with van der Waals surface area (Å²) in [5.74, 6) is 0. The Labute approximate surface area is 309 Å². The number of benzene rings is 7. The number of thiophene rings is 1. The molecule has 1 aromatic heterocycles. The van der Waals surface area contributed by atoms with Gasteiger partial charge in [-0.1, -0.05) is 173 Å². The third kappa shape index (κ3) is 4.23. The van der Waals surface area contributed by atoms with E-state index >= 15 is 0 Å². The lowest BCUT2D eigenvalue weighted by Crippen LogP contribution is -2.26. The molecule has 1 unspecified atom stereocenters. The molecule has 0 amide bonds. The van der Waals surface area contributed by atoms with Crippen LogP contribution < -0.4 is 0 Å². The van der Waals surface area contributed by atoms with Crippen molar-refractivity contribution in [3.63, 3.8) is 0 Å². The highest BCUT2D eigenvalue weighted by Crippen LogP contribution is 2.68. The first-order valence-electron chi connectivity index (χ1n) is 16.8. The highest BCUT2D eigenvalue weighted by Gasteiger charge is 2.54. The Morgan fingerprint density at radius 3 is 1.70 bits per heavy atom. The summed E-state index contributed by atoms with van der Waals surface area (Å²) in [6.07, 6.45) is 0. The molecule has 10 rings (SSSR count). The summed E-state index contributed by atoms with van der Waals surface area (Å²) < 4.78 is 1.09. The highest BCUT2D eigenvalue weighted by molar-refractivity contribution is 9.10. The molecule has 7 aromatic carbocycles. The summed E-state index contributed by atoms with van der Waals surface area (Å²) in [5, 5.41) is 0.746. The van der Waals surface area contributed by atoms with Crippen LogP contribution in [0.15, 0.2) is 174 Å². The molecule has 3 heteroatoms. The lowest BCUT2D eigenvalue weighted by Gasteiger charge is -2.31. The maximum Gasteiger partial charge on any atom is 0.0740 e. The van der Waals surface area contributed by atoms with Gasteiger partial charge in [-0.2, -0.15) is 0 Å². The normalized spacial score (nSPS) is 15.1. The third-order valence-electron chi connectivity index (χ3n) is 10.5. The molecule has 236 valence electrons. The van der Waals surface area contributed by atoms with Gasteiger partial charge in [0.2, 0.25) is 0 Å². The summed E-state index contributed by atoms with van der Waals surface area (Å²) in [5.41, 5.74) is 17.4. The van der Waals surface area contributed by atoms with Crippen molar-refractivity contribution in [1.82, 2.24) is 0 Å². The van der Waals surface area contributed by atoms with Crippen molar-refractivity contribution in [3.05, 3.63) is 202 Å². The number of hydrogen-bond donors (Lipinski definition) is 0. The lowest BCUT2D eigenvalue weighted by molar-refractivity contribution is 0.799. The molecule has 0 aliphatic heterocycles. The second kappa shape index (κ2) is 11.5. The Hall–Kier alpha value is -4.99. The fourth-order valence-electron chi connectivity index (χ4n) is 8.46. The standard InChI is InChI=1S/C47H28BrClS/c48-42-21-11-8-17-37(42)34-15-5-4-14-33(34)31-24-27-36-35-16-6-9-19-39(35)47(41(36)28-31)40-20-10-7-18-38(40)43-44(47)46(29-12-2-1-3-13-29)50-45(43)30-22-25-32(49)26-23-30/h1-28H. The van der Waals surface area contributed by atoms with Gasteiger partial charge in [0.05, 0.1) is 5.41 Å². The van der Waals surface area contributed by atoms with Crippen LogP contribution in [0.3, 0.4) is 0 Å². The van der Waals surface area contributed by atoms with E-state index in [1.165, 1.54) is 87.6 Å². The molecule has 1 spiro atoms. The van der Waals surface area contributed by atoms with Gasteiger partial charge in [-0.15, -0.1) is 11.3 Å². The van der Waals surface area contributed by atoms with E-state index in [0.717, 1.165) is 9.50 Å². The van der Waals surface area contributed by atoms with Crippen LogP contribution in [0.4, 0.5) is 0 Å². The molecule has 0 nitrogen and oxygen atoms in total. The predicted octanol–water partition coefficient (Wildman–Crippen LogP) is 14.2. The van der Waals surface area contributed by atoms with E-state index in [9.17, 15) is 0 Å². The topological polar surface area (TPSA) is 0 Å². The van der Waals surface area contributed by atoms with Crippen LogP contribution in [0.1, 0.15) is 22.3 Å². The maximum atomic E-state index is 6.43. The zero-order chi connectivity index (χ0) is 33.4. The fourth-order valence-corrected chi connectivity index (χ4v) is 10.5. The SMILES string of the molecule is Clc1ccc(-c2sc(-c3ccccc3)c3c2-c2ccccc2C32c3ccccc3-c3ccc(-c4ccccc4-c4ccccc4Br)cc32)cc1. The van der Waals surface area contributed by atoms with Crippen LogP contribution in [0.5, 0.6) is 0 Å². The van der Waals surface area contributed by atoms with Gasteiger partial charge in [0.1, 0.15) is 0 Å². The second-order valence-corrected chi connectivity index (χ2v) is 15.3. The first kappa shape index (κ1) is 29.9. The van der Waals surface area contributed by atoms with E-state index in [2.05, 4.69) is 174 Å². The molecular formula is C47H28BrClS. The van der Waals surface area contributed by atoms with Crippen LogP contribution >= 0.6 is 38.9 Å². The highest BCUT2D eigenvalue weighted by atomic mass is 79.9. The van der Waals surface area contributed by atoms with E-state index in [1.807, 2.05) is 23.5 Å².